The first-order valence-corrected chi connectivity index (χ1v) is 7.41. The van der Waals surface area contributed by atoms with Gasteiger partial charge in [-0.2, -0.15) is 0 Å². The molecule has 0 fully saturated rings. The van der Waals surface area contributed by atoms with Crippen molar-refractivity contribution in [1.29, 1.82) is 0 Å². The van der Waals surface area contributed by atoms with E-state index in [2.05, 4.69) is 22.3 Å². The van der Waals surface area contributed by atoms with Gasteiger partial charge in [0.2, 0.25) is 0 Å². The highest BCUT2D eigenvalue weighted by atomic mass is 16.6. The molecule has 1 amide bonds. The number of nitrogens with one attached hydrogen (secondary N) is 1. The maximum atomic E-state index is 11.4. The van der Waals surface area contributed by atoms with E-state index in [1.165, 1.54) is 0 Å². The molecule has 2 aromatic rings. The molecular formula is C18H20N2O3. The average molecular weight is 312 g/mol. The molecule has 0 atom stereocenters. The lowest BCUT2D eigenvalue weighted by Gasteiger charge is -2.19. The van der Waals surface area contributed by atoms with Crippen molar-refractivity contribution in [3.8, 4) is 23.2 Å². The SMILES string of the molecule is CC(C)(C)OC(=O)NCCC#Cc1ccc(-c2ccno2)cc1. The highest BCUT2D eigenvalue weighted by Gasteiger charge is 2.15. The number of nitrogens with zero attached hydrogens (tertiary/aromatic N) is 1. The first-order chi connectivity index (χ1) is 10.9. The minimum absolute atomic E-state index is 0.421. The Balaban J connectivity index is 1.78. The highest BCUT2D eigenvalue weighted by molar-refractivity contribution is 5.67. The predicted octanol–water partition coefficient (Wildman–Crippen LogP) is 3.61. The van der Waals surface area contributed by atoms with Crippen molar-refractivity contribution in [3.63, 3.8) is 0 Å². The average Bonchev–Trinajstić information content (AvgIpc) is 3.00. The van der Waals surface area contributed by atoms with Gasteiger partial charge in [-0.1, -0.05) is 17.0 Å². The summed E-state index contributed by atoms with van der Waals surface area (Å²) in [7, 11) is 0. The number of alkyl carbamates (subject to hydrolysis) is 1. The van der Waals surface area contributed by atoms with Gasteiger partial charge in [0.25, 0.3) is 0 Å². The van der Waals surface area contributed by atoms with Crippen LogP contribution >= 0.6 is 0 Å². The first kappa shape index (κ1) is 16.6. The zero-order valence-electron chi connectivity index (χ0n) is 13.6. The van der Waals surface area contributed by atoms with Gasteiger partial charge in [0.05, 0.1) is 6.20 Å². The van der Waals surface area contributed by atoms with Gasteiger partial charge in [-0.15, -0.1) is 0 Å². The molecule has 0 aliphatic rings. The molecule has 5 heteroatoms. The number of benzene rings is 1. The van der Waals surface area contributed by atoms with Crippen molar-refractivity contribution in [1.82, 2.24) is 10.5 Å². The third-order valence-corrected chi connectivity index (χ3v) is 2.76. The largest absolute Gasteiger partial charge is 0.444 e. The van der Waals surface area contributed by atoms with Gasteiger partial charge < -0.3 is 14.6 Å². The van der Waals surface area contributed by atoms with Crippen LogP contribution in [0.2, 0.25) is 0 Å². The molecule has 0 radical (unpaired) electrons. The van der Waals surface area contributed by atoms with E-state index in [4.69, 9.17) is 9.26 Å². The summed E-state index contributed by atoms with van der Waals surface area (Å²) in [5.74, 6) is 6.80. The quantitative estimate of drug-likeness (QED) is 0.694. The third-order valence-electron chi connectivity index (χ3n) is 2.76. The number of rotatable bonds is 3. The second-order valence-electron chi connectivity index (χ2n) is 5.93. The maximum Gasteiger partial charge on any atom is 0.407 e. The van der Waals surface area contributed by atoms with E-state index >= 15 is 0 Å². The molecule has 1 N–H and O–H groups in total. The molecule has 0 aliphatic carbocycles. The van der Waals surface area contributed by atoms with Gasteiger partial charge >= 0.3 is 6.09 Å². The van der Waals surface area contributed by atoms with Crippen LogP contribution in [0, 0.1) is 11.8 Å². The fourth-order valence-corrected chi connectivity index (χ4v) is 1.79. The van der Waals surface area contributed by atoms with E-state index in [1.54, 1.807) is 6.20 Å². The van der Waals surface area contributed by atoms with Crippen LogP contribution in [0.15, 0.2) is 41.1 Å². The van der Waals surface area contributed by atoms with Gasteiger partial charge in [0, 0.05) is 30.2 Å². The van der Waals surface area contributed by atoms with E-state index in [1.807, 2.05) is 51.1 Å². The Hall–Kier alpha value is -2.74. The van der Waals surface area contributed by atoms with Crippen LogP contribution in [0.1, 0.15) is 32.8 Å². The summed E-state index contributed by atoms with van der Waals surface area (Å²) in [6, 6.07) is 9.52. The normalized spacial score (nSPS) is 10.6. The van der Waals surface area contributed by atoms with Crippen molar-refractivity contribution in [2.45, 2.75) is 32.8 Å². The molecule has 0 saturated heterocycles. The van der Waals surface area contributed by atoms with Crippen LogP contribution in [-0.2, 0) is 4.74 Å². The van der Waals surface area contributed by atoms with Gasteiger partial charge in [-0.25, -0.2) is 4.79 Å². The number of amides is 1. The van der Waals surface area contributed by atoms with E-state index in [0.29, 0.717) is 13.0 Å². The first-order valence-electron chi connectivity index (χ1n) is 7.41. The molecule has 0 saturated carbocycles. The Bertz CT molecular complexity index is 687. The lowest BCUT2D eigenvalue weighted by Crippen LogP contribution is -2.32. The van der Waals surface area contributed by atoms with Crippen LogP contribution in [0.25, 0.3) is 11.3 Å². The van der Waals surface area contributed by atoms with Crippen molar-refractivity contribution >= 4 is 6.09 Å². The summed E-state index contributed by atoms with van der Waals surface area (Å²) in [6.07, 6.45) is 1.75. The lowest BCUT2D eigenvalue weighted by molar-refractivity contribution is 0.0529. The van der Waals surface area contributed by atoms with E-state index in [9.17, 15) is 4.79 Å². The number of hydrogen-bond donors (Lipinski definition) is 1. The summed E-state index contributed by atoms with van der Waals surface area (Å²) in [5.41, 5.74) is 1.38. The molecule has 1 aromatic carbocycles. The summed E-state index contributed by atoms with van der Waals surface area (Å²) in [4.78, 5) is 11.4. The minimum atomic E-state index is -0.485. The van der Waals surface area contributed by atoms with Crippen LogP contribution in [0.3, 0.4) is 0 Å². The highest BCUT2D eigenvalue weighted by Crippen LogP contribution is 2.18. The second-order valence-corrected chi connectivity index (χ2v) is 5.93. The smallest absolute Gasteiger partial charge is 0.407 e. The minimum Gasteiger partial charge on any atom is -0.444 e. The standard InChI is InChI=1S/C18H20N2O3/c1-18(2,3)22-17(21)19-12-5-4-6-14-7-9-15(10-8-14)16-11-13-20-23-16/h7-11,13H,5,12H2,1-3H3,(H,19,21). The van der Waals surface area contributed by atoms with E-state index in [0.717, 1.165) is 16.9 Å². The van der Waals surface area contributed by atoms with E-state index in [-0.39, 0.29) is 0 Å². The molecule has 1 heterocycles. The molecule has 5 nitrogen and oxygen atoms in total. The molecule has 23 heavy (non-hydrogen) atoms. The van der Waals surface area contributed by atoms with E-state index < -0.39 is 11.7 Å². The molecule has 1 aromatic heterocycles. The zero-order valence-corrected chi connectivity index (χ0v) is 13.6. The van der Waals surface area contributed by atoms with Crippen molar-refractivity contribution < 1.29 is 14.1 Å². The molecule has 0 spiro atoms. The number of carbonyl (C=O) groups is 1. The van der Waals surface area contributed by atoms with Gasteiger partial charge in [0.15, 0.2) is 5.76 Å². The molecule has 0 unspecified atom stereocenters. The van der Waals surface area contributed by atoms with Crippen LogP contribution in [-0.4, -0.2) is 23.4 Å². The third kappa shape index (κ3) is 5.87. The fraction of sp³-hybridized carbons (Fsp3) is 0.333. The zero-order chi connectivity index (χ0) is 16.7. The molecule has 0 aliphatic heterocycles. The summed E-state index contributed by atoms with van der Waals surface area (Å²) < 4.78 is 10.2. The molecule has 120 valence electrons. The second kappa shape index (κ2) is 7.50. The summed E-state index contributed by atoms with van der Waals surface area (Å²) in [6.45, 7) is 5.94. The summed E-state index contributed by atoms with van der Waals surface area (Å²) >= 11 is 0. The monoisotopic (exact) mass is 312 g/mol. The van der Waals surface area contributed by atoms with Crippen molar-refractivity contribution in [2.24, 2.45) is 0 Å². The Kier molecular flexibility index (Phi) is 5.42. The maximum absolute atomic E-state index is 11.4. The topological polar surface area (TPSA) is 64.4 Å². The molecular weight excluding hydrogens is 292 g/mol. The Morgan fingerprint density at radius 1 is 1.26 bits per heavy atom. The number of carbonyl (C=O) groups excluding carboxylic acids is 1. The number of hydrogen-bond acceptors (Lipinski definition) is 4. The van der Waals surface area contributed by atoms with Crippen LogP contribution in [0.4, 0.5) is 4.79 Å². The van der Waals surface area contributed by atoms with Gasteiger partial charge in [0.1, 0.15) is 5.60 Å². The van der Waals surface area contributed by atoms with Gasteiger partial charge in [-0.3, -0.25) is 0 Å². The number of aromatic nitrogens is 1. The molecule has 2 rings (SSSR count). The van der Waals surface area contributed by atoms with Crippen molar-refractivity contribution in [3.05, 3.63) is 42.1 Å². The van der Waals surface area contributed by atoms with Gasteiger partial charge in [-0.05, 0) is 45.0 Å². The Labute approximate surface area is 136 Å². The lowest BCUT2D eigenvalue weighted by atomic mass is 10.1. The van der Waals surface area contributed by atoms with Crippen LogP contribution in [0.5, 0.6) is 0 Å². The fourth-order valence-electron chi connectivity index (χ4n) is 1.79. The number of ether oxygens (including phenoxy) is 1. The Morgan fingerprint density at radius 2 is 2.00 bits per heavy atom. The Morgan fingerprint density at radius 3 is 2.61 bits per heavy atom. The summed E-state index contributed by atoms with van der Waals surface area (Å²) in [5, 5.41) is 6.35. The van der Waals surface area contributed by atoms with Crippen LogP contribution < -0.4 is 5.32 Å². The van der Waals surface area contributed by atoms with Crippen molar-refractivity contribution in [2.75, 3.05) is 6.54 Å². The molecule has 0 bridgehead atoms. The predicted molar refractivity (Wildman–Crippen MR) is 87.7 cm³/mol.